The summed E-state index contributed by atoms with van der Waals surface area (Å²) in [7, 11) is 6.24. The fraction of sp³-hybridized carbons (Fsp3) is 0.333. The number of aromatic amines is 1. The number of halogens is 1. The monoisotopic (exact) mass is 469 g/mol. The summed E-state index contributed by atoms with van der Waals surface area (Å²) in [5.74, 6) is -2.07. The van der Waals surface area contributed by atoms with Crippen LogP contribution in [0.4, 0.5) is 10.1 Å². The van der Waals surface area contributed by atoms with Crippen LogP contribution in [-0.2, 0) is 14.4 Å². The summed E-state index contributed by atoms with van der Waals surface area (Å²) < 4.78 is 13.8. The van der Waals surface area contributed by atoms with Crippen molar-refractivity contribution in [2.75, 3.05) is 33.5 Å². The van der Waals surface area contributed by atoms with Gasteiger partial charge in [-0.3, -0.25) is 19.2 Å². The lowest BCUT2D eigenvalue weighted by Gasteiger charge is -2.23. The first-order chi connectivity index (χ1) is 15.9. The molecule has 1 atom stereocenters. The highest BCUT2D eigenvalue weighted by molar-refractivity contribution is 6.34. The molecular formula is C24H28FN5O4. The van der Waals surface area contributed by atoms with Gasteiger partial charge in [-0.1, -0.05) is 0 Å². The van der Waals surface area contributed by atoms with Crippen molar-refractivity contribution in [3.63, 3.8) is 0 Å². The summed E-state index contributed by atoms with van der Waals surface area (Å²) in [6.45, 7) is 3.40. The number of aryl methyl sites for hydroxylation is 1. The molecule has 0 saturated heterocycles. The molecule has 0 unspecified atom stereocenters. The fourth-order valence-electron chi connectivity index (χ4n) is 3.81. The zero-order chi connectivity index (χ0) is 25.3. The molecule has 0 saturated carbocycles. The Balaban J connectivity index is 1.93. The molecule has 34 heavy (non-hydrogen) atoms. The van der Waals surface area contributed by atoms with Crippen LogP contribution in [-0.4, -0.2) is 72.6 Å². The maximum Gasteiger partial charge on any atom is 0.256 e. The predicted molar refractivity (Wildman–Crippen MR) is 126 cm³/mol. The highest BCUT2D eigenvalue weighted by Crippen LogP contribution is 2.34. The number of rotatable bonds is 6. The summed E-state index contributed by atoms with van der Waals surface area (Å²) in [6, 6.07) is 2.99. The Hall–Kier alpha value is -3.95. The van der Waals surface area contributed by atoms with Crippen LogP contribution in [0.2, 0.25) is 0 Å². The molecule has 2 aromatic rings. The minimum absolute atomic E-state index is 0.183. The number of hydrogen-bond acceptors (Lipinski definition) is 4. The van der Waals surface area contributed by atoms with E-state index in [0.717, 1.165) is 0 Å². The van der Waals surface area contributed by atoms with Gasteiger partial charge in [-0.05, 0) is 43.7 Å². The molecule has 1 aliphatic rings. The van der Waals surface area contributed by atoms with Crippen LogP contribution >= 0.6 is 0 Å². The second-order valence-electron chi connectivity index (χ2n) is 8.62. The molecule has 4 amide bonds. The van der Waals surface area contributed by atoms with E-state index in [0.29, 0.717) is 33.8 Å². The molecule has 180 valence electrons. The van der Waals surface area contributed by atoms with Gasteiger partial charge in [-0.2, -0.15) is 0 Å². The second-order valence-corrected chi connectivity index (χ2v) is 8.62. The first-order valence-electron chi connectivity index (χ1n) is 10.6. The van der Waals surface area contributed by atoms with Gasteiger partial charge in [0.2, 0.25) is 11.8 Å². The number of benzene rings is 1. The SMILES string of the molecule is Cc1[nH]c(/C=C2\C(=O)Nc3ccc(F)cc32)c(C)c1C(=O)N[C@@H](CC(=O)N(C)C)C(=O)N(C)C. The number of nitrogens with one attached hydrogen (secondary N) is 3. The third-order valence-electron chi connectivity index (χ3n) is 5.68. The van der Waals surface area contributed by atoms with Gasteiger partial charge in [0.1, 0.15) is 11.9 Å². The highest BCUT2D eigenvalue weighted by atomic mass is 19.1. The number of amides is 4. The van der Waals surface area contributed by atoms with Crippen LogP contribution in [0.5, 0.6) is 0 Å². The quantitative estimate of drug-likeness (QED) is 0.561. The summed E-state index contributed by atoms with van der Waals surface area (Å²) >= 11 is 0. The van der Waals surface area contributed by atoms with Crippen molar-refractivity contribution in [2.45, 2.75) is 26.3 Å². The van der Waals surface area contributed by atoms with Gasteiger partial charge in [-0.25, -0.2) is 4.39 Å². The number of carbonyl (C=O) groups is 4. The van der Waals surface area contributed by atoms with E-state index in [1.807, 2.05) is 0 Å². The molecule has 0 fully saturated rings. The largest absolute Gasteiger partial charge is 0.358 e. The minimum atomic E-state index is -1.04. The number of likely N-dealkylation sites (N-methyl/N-ethyl adjacent to an activating group) is 1. The first-order valence-corrected chi connectivity index (χ1v) is 10.6. The number of aromatic nitrogens is 1. The number of fused-ring (bicyclic) bond motifs is 1. The molecule has 0 radical (unpaired) electrons. The van der Waals surface area contributed by atoms with Gasteiger partial charge < -0.3 is 25.4 Å². The zero-order valence-electron chi connectivity index (χ0n) is 20.0. The van der Waals surface area contributed by atoms with Crippen molar-refractivity contribution in [1.82, 2.24) is 20.1 Å². The lowest BCUT2D eigenvalue weighted by atomic mass is 10.0. The lowest BCUT2D eigenvalue weighted by Crippen LogP contribution is -2.48. The Kier molecular flexibility index (Phi) is 6.90. The van der Waals surface area contributed by atoms with Crippen molar-refractivity contribution in [3.05, 3.63) is 52.1 Å². The maximum absolute atomic E-state index is 13.8. The molecule has 0 aliphatic carbocycles. The number of carbonyl (C=O) groups excluding carboxylic acids is 4. The van der Waals surface area contributed by atoms with Crippen molar-refractivity contribution in [2.24, 2.45) is 0 Å². The van der Waals surface area contributed by atoms with Gasteiger partial charge in [0.05, 0.1) is 17.6 Å². The molecule has 9 nitrogen and oxygen atoms in total. The van der Waals surface area contributed by atoms with Crippen molar-refractivity contribution in [1.29, 1.82) is 0 Å². The zero-order valence-corrected chi connectivity index (χ0v) is 20.0. The average molecular weight is 470 g/mol. The van der Waals surface area contributed by atoms with E-state index in [4.69, 9.17) is 0 Å². The first kappa shape index (κ1) is 24.7. The third kappa shape index (κ3) is 4.85. The fourth-order valence-corrected chi connectivity index (χ4v) is 3.81. The van der Waals surface area contributed by atoms with Crippen molar-refractivity contribution in [3.8, 4) is 0 Å². The van der Waals surface area contributed by atoms with E-state index in [2.05, 4.69) is 15.6 Å². The molecule has 1 aliphatic heterocycles. The van der Waals surface area contributed by atoms with E-state index in [-0.39, 0.29) is 23.8 Å². The van der Waals surface area contributed by atoms with Crippen LogP contribution in [0, 0.1) is 19.7 Å². The number of H-pyrrole nitrogens is 1. The predicted octanol–water partition coefficient (Wildman–Crippen LogP) is 1.93. The highest BCUT2D eigenvalue weighted by Gasteiger charge is 2.29. The van der Waals surface area contributed by atoms with Crippen LogP contribution in [0.1, 0.15) is 39.3 Å². The number of nitrogens with zero attached hydrogens (tertiary/aromatic N) is 2. The molecule has 3 N–H and O–H groups in total. The molecule has 3 rings (SSSR count). The van der Waals surface area contributed by atoms with Crippen LogP contribution in [0.25, 0.3) is 11.6 Å². The van der Waals surface area contributed by atoms with E-state index < -0.39 is 23.7 Å². The molecule has 1 aromatic heterocycles. The van der Waals surface area contributed by atoms with Gasteiger partial charge in [0.25, 0.3) is 11.8 Å². The Bertz CT molecular complexity index is 1210. The van der Waals surface area contributed by atoms with Gasteiger partial charge in [0.15, 0.2) is 0 Å². The smallest absolute Gasteiger partial charge is 0.256 e. The second kappa shape index (κ2) is 9.50. The molecule has 10 heteroatoms. The van der Waals surface area contributed by atoms with E-state index in [9.17, 15) is 23.6 Å². The van der Waals surface area contributed by atoms with Crippen LogP contribution in [0.15, 0.2) is 18.2 Å². The van der Waals surface area contributed by atoms with Gasteiger partial charge in [0, 0.05) is 50.8 Å². The van der Waals surface area contributed by atoms with Crippen molar-refractivity contribution < 1.29 is 23.6 Å². The minimum Gasteiger partial charge on any atom is -0.358 e. The summed E-state index contributed by atoms with van der Waals surface area (Å²) in [5, 5.41) is 5.36. The lowest BCUT2D eigenvalue weighted by molar-refractivity contribution is -0.136. The molecule has 1 aromatic carbocycles. The standard InChI is InChI=1S/C24H28FN5O4/c1-12-18(10-16-15-9-14(25)7-8-17(15)27-22(16)32)26-13(2)21(12)23(33)28-19(24(34)30(5)6)11-20(31)29(3)4/h7-10,19,26H,11H2,1-6H3,(H,27,32)(H,28,33)/b16-10-/t19-/m0/s1. The van der Waals surface area contributed by atoms with E-state index >= 15 is 0 Å². The molecule has 0 bridgehead atoms. The van der Waals surface area contributed by atoms with Crippen LogP contribution in [0.3, 0.4) is 0 Å². The van der Waals surface area contributed by atoms with Crippen molar-refractivity contribution >= 4 is 41.0 Å². The van der Waals surface area contributed by atoms with Gasteiger partial charge >= 0.3 is 0 Å². The Morgan fingerprint density at radius 1 is 1.12 bits per heavy atom. The molecule has 0 spiro atoms. The van der Waals surface area contributed by atoms with E-state index in [1.54, 1.807) is 48.1 Å². The van der Waals surface area contributed by atoms with Gasteiger partial charge in [-0.15, -0.1) is 0 Å². The molecule has 2 heterocycles. The summed E-state index contributed by atoms with van der Waals surface area (Å²) in [5.41, 5.74) is 3.09. The Morgan fingerprint density at radius 3 is 2.41 bits per heavy atom. The summed E-state index contributed by atoms with van der Waals surface area (Å²) in [4.78, 5) is 56.2. The maximum atomic E-state index is 13.8. The summed E-state index contributed by atoms with van der Waals surface area (Å²) in [6.07, 6.45) is 1.38. The third-order valence-corrected chi connectivity index (χ3v) is 5.68. The number of hydrogen-bond donors (Lipinski definition) is 3. The van der Waals surface area contributed by atoms with Crippen LogP contribution < -0.4 is 10.6 Å². The van der Waals surface area contributed by atoms with E-state index in [1.165, 1.54) is 28.0 Å². The topological polar surface area (TPSA) is 115 Å². The Labute approximate surface area is 197 Å². The Morgan fingerprint density at radius 2 is 1.79 bits per heavy atom. The average Bonchev–Trinajstić information content (AvgIpc) is 3.21. The molecular weight excluding hydrogens is 441 g/mol. The normalized spacial score (nSPS) is 14.4. The number of anilines is 1.